The lowest BCUT2D eigenvalue weighted by Gasteiger charge is -2.33. The molecule has 2 saturated carbocycles. The standard InChI is InChI=1S/C14H22N2O3/c17-12(18)11-3-1-2-8-16(11)13(19)15-9-14(6-7-14)10-4-5-10/h10-11H,1-9H2,(H,15,19)(H,17,18). The van der Waals surface area contributed by atoms with E-state index in [1.807, 2.05) is 0 Å². The van der Waals surface area contributed by atoms with E-state index in [4.69, 9.17) is 0 Å². The Morgan fingerprint density at radius 2 is 1.95 bits per heavy atom. The number of nitrogens with one attached hydrogen (secondary N) is 1. The van der Waals surface area contributed by atoms with Gasteiger partial charge in [0.25, 0.3) is 0 Å². The zero-order valence-corrected chi connectivity index (χ0v) is 11.2. The number of urea groups is 1. The van der Waals surface area contributed by atoms with E-state index in [0.29, 0.717) is 18.4 Å². The zero-order valence-electron chi connectivity index (χ0n) is 11.2. The highest BCUT2D eigenvalue weighted by Gasteiger charge is 2.53. The van der Waals surface area contributed by atoms with Crippen LogP contribution >= 0.6 is 0 Å². The average Bonchev–Trinajstić information content (AvgIpc) is 3.28. The molecule has 5 nitrogen and oxygen atoms in total. The van der Waals surface area contributed by atoms with Crippen molar-refractivity contribution in [2.24, 2.45) is 11.3 Å². The summed E-state index contributed by atoms with van der Waals surface area (Å²) >= 11 is 0. The van der Waals surface area contributed by atoms with Gasteiger partial charge in [-0.1, -0.05) is 0 Å². The molecule has 2 N–H and O–H groups in total. The summed E-state index contributed by atoms with van der Waals surface area (Å²) in [6.07, 6.45) is 7.43. The molecule has 2 amide bonds. The average molecular weight is 266 g/mol. The number of nitrogens with zero attached hydrogens (tertiary/aromatic N) is 1. The van der Waals surface area contributed by atoms with Gasteiger partial charge in [0.15, 0.2) is 0 Å². The fraction of sp³-hybridized carbons (Fsp3) is 0.857. The van der Waals surface area contributed by atoms with E-state index >= 15 is 0 Å². The minimum Gasteiger partial charge on any atom is -0.480 e. The Balaban J connectivity index is 1.55. The molecule has 1 saturated heterocycles. The second kappa shape index (κ2) is 4.69. The van der Waals surface area contributed by atoms with Crippen molar-refractivity contribution >= 4 is 12.0 Å². The van der Waals surface area contributed by atoms with Crippen LogP contribution in [0.2, 0.25) is 0 Å². The maximum atomic E-state index is 12.2. The number of aliphatic carboxylic acids is 1. The van der Waals surface area contributed by atoms with Crippen LogP contribution in [0.4, 0.5) is 4.79 Å². The summed E-state index contributed by atoms with van der Waals surface area (Å²) in [4.78, 5) is 24.9. The highest BCUT2D eigenvalue weighted by Crippen LogP contribution is 2.60. The van der Waals surface area contributed by atoms with Crippen LogP contribution in [0.25, 0.3) is 0 Å². The maximum absolute atomic E-state index is 12.2. The topological polar surface area (TPSA) is 69.6 Å². The summed E-state index contributed by atoms with van der Waals surface area (Å²) < 4.78 is 0. The Kier molecular flexibility index (Phi) is 3.15. The van der Waals surface area contributed by atoms with Gasteiger partial charge in [-0.05, 0) is 56.3 Å². The van der Waals surface area contributed by atoms with Crippen molar-refractivity contribution in [2.75, 3.05) is 13.1 Å². The number of carbonyl (C=O) groups is 2. The SMILES string of the molecule is O=C(O)C1CCCCN1C(=O)NCC1(C2CC2)CC1. The summed E-state index contributed by atoms with van der Waals surface area (Å²) in [6.45, 7) is 1.30. The van der Waals surface area contributed by atoms with Crippen LogP contribution in [0.15, 0.2) is 0 Å². The van der Waals surface area contributed by atoms with Crippen molar-refractivity contribution < 1.29 is 14.7 Å². The van der Waals surface area contributed by atoms with Gasteiger partial charge in [0, 0.05) is 13.1 Å². The Hall–Kier alpha value is -1.26. The molecule has 106 valence electrons. The number of piperidine rings is 1. The molecule has 0 aromatic heterocycles. The Bertz CT molecular complexity index is 388. The molecule has 2 aliphatic carbocycles. The third kappa shape index (κ3) is 2.55. The largest absolute Gasteiger partial charge is 0.480 e. The van der Waals surface area contributed by atoms with Crippen molar-refractivity contribution in [2.45, 2.75) is 51.0 Å². The molecular formula is C14H22N2O3. The highest BCUT2D eigenvalue weighted by atomic mass is 16.4. The Morgan fingerprint density at radius 1 is 1.21 bits per heavy atom. The van der Waals surface area contributed by atoms with Gasteiger partial charge in [-0.25, -0.2) is 9.59 Å². The van der Waals surface area contributed by atoms with Gasteiger partial charge in [0.05, 0.1) is 0 Å². The number of likely N-dealkylation sites (tertiary alicyclic amines) is 1. The first-order valence-corrected chi connectivity index (χ1v) is 7.40. The molecule has 3 fully saturated rings. The van der Waals surface area contributed by atoms with Crippen molar-refractivity contribution in [1.82, 2.24) is 10.2 Å². The summed E-state index contributed by atoms with van der Waals surface area (Å²) in [5.41, 5.74) is 0.365. The van der Waals surface area contributed by atoms with Crippen LogP contribution in [0.3, 0.4) is 0 Å². The molecular weight excluding hydrogens is 244 g/mol. The molecule has 0 aromatic rings. The van der Waals surface area contributed by atoms with E-state index in [1.54, 1.807) is 0 Å². The van der Waals surface area contributed by atoms with Gasteiger partial charge >= 0.3 is 12.0 Å². The summed E-state index contributed by atoms with van der Waals surface area (Å²) in [7, 11) is 0. The normalized spacial score (nSPS) is 28.8. The summed E-state index contributed by atoms with van der Waals surface area (Å²) in [5, 5.41) is 12.2. The molecule has 1 heterocycles. The molecule has 1 atom stereocenters. The second-order valence-electron chi connectivity index (χ2n) is 6.34. The van der Waals surface area contributed by atoms with E-state index in [1.165, 1.54) is 30.6 Å². The highest BCUT2D eigenvalue weighted by molar-refractivity contribution is 5.82. The van der Waals surface area contributed by atoms with E-state index in [0.717, 1.165) is 25.3 Å². The number of carboxylic acid groups (broad SMARTS) is 1. The van der Waals surface area contributed by atoms with Gasteiger partial charge in [0.1, 0.15) is 6.04 Å². The zero-order chi connectivity index (χ0) is 13.5. The van der Waals surface area contributed by atoms with Gasteiger partial charge in [-0.2, -0.15) is 0 Å². The number of carboxylic acids is 1. The van der Waals surface area contributed by atoms with E-state index in [2.05, 4.69) is 5.32 Å². The fourth-order valence-corrected chi connectivity index (χ4v) is 3.37. The molecule has 3 rings (SSSR count). The number of hydrogen-bond donors (Lipinski definition) is 2. The molecule has 19 heavy (non-hydrogen) atoms. The van der Waals surface area contributed by atoms with Crippen LogP contribution in [0.5, 0.6) is 0 Å². The van der Waals surface area contributed by atoms with Crippen LogP contribution in [-0.4, -0.2) is 41.1 Å². The fourth-order valence-electron chi connectivity index (χ4n) is 3.37. The Labute approximate surface area is 113 Å². The van der Waals surface area contributed by atoms with E-state index < -0.39 is 12.0 Å². The molecule has 1 unspecified atom stereocenters. The first-order chi connectivity index (χ1) is 9.12. The second-order valence-corrected chi connectivity index (χ2v) is 6.34. The third-order valence-electron chi connectivity index (χ3n) is 4.98. The molecule has 1 aliphatic heterocycles. The van der Waals surface area contributed by atoms with Crippen LogP contribution in [0, 0.1) is 11.3 Å². The van der Waals surface area contributed by atoms with Crippen molar-refractivity contribution in [1.29, 1.82) is 0 Å². The molecule has 0 bridgehead atoms. The summed E-state index contributed by atoms with van der Waals surface area (Å²) in [5.74, 6) is -0.0670. The minimum absolute atomic E-state index is 0.181. The molecule has 5 heteroatoms. The lowest BCUT2D eigenvalue weighted by Crippen LogP contribution is -2.52. The lowest BCUT2D eigenvalue weighted by atomic mass is 10.0. The number of rotatable bonds is 4. The van der Waals surface area contributed by atoms with Crippen LogP contribution < -0.4 is 5.32 Å². The third-order valence-corrected chi connectivity index (χ3v) is 4.98. The first-order valence-electron chi connectivity index (χ1n) is 7.40. The smallest absolute Gasteiger partial charge is 0.326 e. The van der Waals surface area contributed by atoms with Gasteiger partial charge < -0.3 is 15.3 Å². The van der Waals surface area contributed by atoms with Crippen LogP contribution in [0.1, 0.15) is 44.9 Å². The lowest BCUT2D eigenvalue weighted by molar-refractivity contribution is -0.143. The van der Waals surface area contributed by atoms with Crippen molar-refractivity contribution in [3.63, 3.8) is 0 Å². The number of hydrogen-bond acceptors (Lipinski definition) is 2. The quantitative estimate of drug-likeness (QED) is 0.815. The molecule has 0 radical (unpaired) electrons. The first kappa shape index (κ1) is 12.8. The number of amides is 2. The predicted molar refractivity (Wildman–Crippen MR) is 69.8 cm³/mol. The molecule has 0 aromatic carbocycles. The van der Waals surface area contributed by atoms with Crippen LogP contribution in [-0.2, 0) is 4.79 Å². The van der Waals surface area contributed by atoms with Crippen molar-refractivity contribution in [3.05, 3.63) is 0 Å². The minimum atomic E-state index is -0.877. The number of carbonyl (C=O) groups excluding carboxylic acids is 1. The van der Waals surface area contributed by atoms with E-state index in [-0.39, 0.29) is 6.03 Å². The van der Waals surface area contributed by atoms with E-state index in [9.17, 15) is 14.7 Å². The molecule has 3 aliphatic rings. The monoisotopic (exact) mass is 266 g/mol. The maximum Gasteiger partial charge on any atom is 0.326 e. The summed E-state index contributed by atoms with van der Waals surface area (Å²) in [6, 6.07) is -0.816. The van der Waals surface area contributed by atoms with Gasteiger partial charge in [-0.15, -0.1) is 0 Å². The molecule has 0 spiro atoms. The van der Waals surface area contributed by atoms with Gasteiger partial charge in [-0.3, -0.25) is 0 Å². The predicted octanol–water partition coefficient (Wildman–Crippen LogP) is 1.83. The Morgan fingerprint density at radius 3 is 2.53 bits per heavy atom. The van der Waals surface area contributed by atoms with Gasteiger partial charge in [0.2, 0.25) is 0 Å². The van der Waals surface area contributed by atoms with Crippen molar-refractivity contribution in [3.8, 4) is 0 Å².